The Bertz CT molecular complexity index is 635. The van der Waals surface area contributed by atoms with Gasteiger partial charge in [0.05, 0.1) is 5.92 Å². The third kappa shape index (κ3) is 2.23. The summed E-state index contributed by atoms with van der Waals surface area (Å²) in [7, 11) is 0. The molecule has 0 radical (unpaired) electrons. The highest BCUT2D eigenvalue weighted by atomic mass is 16.4. The minimum Gasteiger partial charge on any atom is -0.481 e. The maximum Gasteiger partial charge on any atom is 0.306 e. The fourth-order valence-corrected chi connectivity index (χ4v) is 7.35. The summed E-state index contributed by atoms with van der Waals surface area (Å²) >= 11 is 0. The molecular formula is C22H32O3. The zero-order valence-electron chi connectivity index (χ0n) is 15.9. The van der Waals surface area contributed by atoms with E-state index in [0.29, 0.717) is 11.8 Å². The molecule has 4 aliphatic carbocycles. The topological polar surface area (TPSA) is 54.4 Å². The summed E-state index contributed by atoms with van der Waals surface area (Å²) in [6.45, 7) is 6.29. The maximum atomic E-state index is 13.3. The normalized spacial score (nSPS) is 47.3. The summed E-state index contributed by atoms with van der Waals surface area (Å²) in [4.78, 5) is 24.9. The number of carbonyl (C=O) groups excluding carboxylic acids is 1. The van der Waals surface area contributed by atoms with Crippen molar-refractivity contribution < 1.29 is 14.7 Å². The summed E-state index contributed by atoms with van der Waals surface area (Å²) in [5, 5.41) is 9.53. The summed E-state index contributed by atoms with van der Waals surface area (Å²) < 4.78 is 0. The first-order valence-corrected chi connectivity index (χ1v) is 10.3. The second kappa shape index (κ2) is 5.69. The van der Waals surface area contributed by atoms with E-state index in [1.54, 1.807) is 6.92 Å². The Morgan fingerprint density at radius 2 is 1.92 bits per heavy atom. The van der Waals surface area contributed by atoms with Crippen molar-refractivity contribution in [1.82, 2.24) is 0 Å². The minimum absolute atomic E-state index is 0.0165. The van der Waals surface area contributed by atoms with E-state index in [4.69, 9.17) is 0 Å². The fraction of sp³-hybridized carbons (Fsp3) is 0.818. The Hall–Kier alpha value is -1.12. The molecule has 138 valence electrons. The van der Waals surface area contributed by atoms with Gasteiger partial charge in [-0.05, 0) is 73.7 Å². The number of fused-ring (bicyclic) bond motifs is 5. The molecule has 0 aromatic rings. The predicted octanol–water partition coefficient (Wildman–Crippen LogP) is 4.86. The molecule has 3 saturated carbocycles. The molecule has 25 heavy (non-hydrogen) atoms. The average molecular weight is 344 g/mol. The number of hydrogen-bond donors (Lipinski definition) is 1. The number of aliphatic carboxylic acids is 1. The summed E-state index contributed by atoms with van der Waals surface area (Å²) in [5.41, 5.74) is 1.19. The van der Waals surface area contributed by atoms with E-state index < -0.39 is 17.3 Å². The molecule has 0 saturated heterocycles. The van der Waals surface area contributed by atoms with E-state index in [1.807, 2.05) is 6.08 Å². The zero-order valence-corrected chi connectivity index (χ0v) is 15.9. The van der Waals surface area contributed by atoms with Crippen LogP contribution >= 0.6 is 0 Å². The predicted molar refractivity (Wildman–Crippen MR) is 97.0 cm³/mol. The van der Waals surface area contributed by atoms with Crippen molar-refractivity contribution in [2.75, 3.05) is 0 Å². The van der Waals surface area contributed by atoms with Gasteiger partial charge < -0.3 is 5.11 Å². The second-order valence-electron chi connectivity index (χ2n) is 9.71. The molecule has 0 spiro atoms. The lowest BCUT2D eigenvalue weighted by Gasteiger charge is -2.55. The van der Waals surface area contributed by atoms with Crippen LogP contribution in [0.1, 0.15) is 72.1 Å². The molecule has 0 heterocycles. The van der Waals surface area contributed by atoms with E-state index in [-0.39, 0.29) is 17.1 Å². The largest absolute Gasteiger partial charge is 0.481 e. The van der Waals surface area contributed by atoms with Gasteiger partial charge >= 0.3 is 5.97 Å². The maximum absolute atomic E-state index is 13.3. The lowest BCUT2D eigenvalue weighted by molar-refractivity contribution is -0.147. The molecule has 0 aromatic heterocycles. The van der Waals surface area contributed by atoms with Gasteiger partial charge in [-0.25, -0.2) is 0 Å². The number of rotatable bonds is 2. The molecule has 0 aliphatic heterocycles. The minimum atomic E-state index is -0.752. The number of ketones is 1. The molecule has 7 atom stereocenters. The molecule has 0 aromatic carbocycles. The Morgan fingerprint density at radius 1 is 1.16 bits per heavy atom. The smallest absolute Gasteiger partial charge is 0.306 e. The van der Waals surface area contributed by atoms with Crippen LogP contribution in [0.5, 0.6) is 0 Å². The van der Waals surface area contributed by atoms with Crippen molar-refractivity contribution in [3.63, 3.8) is 0 Å². The lowest BCUT2D eigenvalue weighted by Crippen LogP contribution is -2.51. The third-order valence-electron chi connectivity index (χ3n) is 8.91. The van der Waals surface area contributed by atoms with Gasteiger partial charge in [-0.15, -0.1) is 0 Å². The van der Waals surface area contributed by atoms with Gasteiger partial charge in [0.1, 0.15) is 0 Å². The Morgan fingerprint density at radius 3 is 2.64 bits per heavy atom. The second-order valence-corrected chi connectivity index (χ2v) is 9.71. The van der Waals surface area contributed by atoms with E-state index in [2.05, 4.69) is 13.8 Å². The number of carbonyl (C=O) groups is 2. The molecule has 4 aliphatic rings. The van der Waals surface area contributed by atoms with Gasteiger partial charge in [0.15, 0.2) is 5.78 Å². The van der Waals surface area contributed by atoms with Crippen molar-refractivity contribution >= 4 is 11.8 Å². The van der Waals surface area contributed by atoms with Crippen LogP contribution in [0.15, 0.2) is 11.6 Å². The van der Waals surface area contributed by atoms with Gasteiger partial charge in [-0.1, -0.05) is 39.2 Å². The highest BCUT2D eigenvalue weighted by molar-refractivity contribution is 5.98. The molecular weight excluding hydrogens is 312 g/mol. The fourth-order valence-electron chi connectivity index (χ4n) is 7.35. The first-order chi connectivity index (χ1) is 11.8. The Balaban J connectivity index is 1.74. The van der Waals surface area contributed by atoms with Gasteiger partial charge in [-0.3, -0.25) is 9.59 Å². The number of carboxylic acid groups (broad SMARTS) is 1. The summed E-state index contributed by atoms with van der Waals surface area (Å²) in [6, 6.07) is 0. The van der Waals surface area contributed by atoms with E-state index in [9.17, 15) is 14.7 Å². The molecule has 4 rings (SSSR count). The third-order valence-corrected chi connectivity index (χ3v) is 8.91. The van der Waals surface area contributed by atoms with Gasteiger partial charge in [-0.2, -0.15) is 0 Å². The van der Waals surface area contributed by atoms with Crippen molar-refractivity contribution in [1.29, 1.82) is 0 Å². The zero-order chi connectivity index (χ0) is 18.0. The average Bonchev–Trinajstić information content (AvgIpc) is 2.93. The van der Waals surface area contributed by atoms with Crippen LogP contribution in [0.25, 0.3) is 0 Å². The lowest BCUT2D eigenvalue weighted by atomic mass is 9.48. The van der Waals surface area contributed by atoms with Crippen LogP contribution in [0.2, 0.25) is 0 Å². The van der Waals surface area contributed by atoms with Crippen LogP contribution in [0.4, 0.5) is 0 Å². The molecule has 1 N–H and O–H groups in total. The molecule has 3 nitrogen and oxygen atoms in total. The molecule has 6 unspecified atom stereocenters. The number of carboxylic acids is 1. The highest BCUT2D eigenvalue weighted by Gasteiger charge is 2.61. The summed E-state index contributed by atoms with van der Waals surface area (Å²) in [5.74, 6) is 0.632. The SMILES string of the molecule is CC(C(=O)O)C1CCC2C3CC[C@@H]4CCCCC4(C)C3=CC(=O)C12C. The highest BCUT2D eigenvalue weighted by Crippen LogP contribution is 2.65. The molecule has 3 heteroatoms. The van der Waals surface area contributed by atoms with E-state index >= 15 is 0 Å². The molecule has 3 fully saturated rings. The molecule has 0 amide bonds. The van der Waals surface area contributed by atoms with Crippen LogP contribution in [-0.4, -0.2) is 16.9 Å². The summed E-state index contributed by atoms with van der Waals surface area (Å²) in [6.07, 6.45) is 11.6. The van der Waals surface area contributed by atoms with Crippen molar-refractivity contribution in [2.24, 2.45) is 40.4 Å². The van der Waals surface area contributed by atoms with Crippen molar-refractivity contribution in [3.05, 3.63) is 11.6 Å². The Labute approximate surface area is 151 Å². The van der Waals surface area contributed by atoms with Crippen LogP contribution in [0.3, 0.4) is 0 Å². The van der Waals surface area contributed by atoms with Gasteiger partial charge in [0.2, 0.25) is 0 Å². The molecule has 0 bridgehead atoms. The number of allylic oxidation sites excluding steroid dienone is 2. The van der Waals surface area contributed by atoms with E-state index in [1.165, 1.54) is 44.1 Å². The first kappa shape index (κ1) is 17.3. The quantitative estimate of drug-likeness (QED) is 0.778. The van der Waals surface area contributed by atoms with Crippen LogP contribution in [0, 0.1) is 40.4 Å². The standard InChI is InChI=1S/C22H32O3/c1-13(20(24)25)16-9-10-17-15-8-7-14-6-4-5-11-21(14,2)18(15)12-19(23)22(16,17)3/h12-17H,4-11H2,1-3H3,(H,24,25)/t13?,14-,15?,16?,17?,21?,22?/m0/s1. The monoisotopic (exact) mass is 344 g/mol. The van der Waals surface area contributed by atoms with E-state index in [0.717, 1.165) is 18.8 Å². The van der Waals surface area contributed by atoms with Crippen molar-refractivity contribution in [3.8, 4) is 0 Å². The van der Waals surface area contributed by atoms with Crippen LogP contribution < -0.4 is 0 Å². The van der Waals surface area contributed by atoms with Gasteiger partial charge in [0.25, 0.3) is 0 Å². The van der Waals surface area contributed by atoms with Gasteiger partial charge in [0, 0.05) is 5.41 Å². The Kier molecular flexibility index (Phi) is 3.94. The first-order valence-electron chi connectivity index (χ1n) is 10.3. The van der Waals surface area contributed by atoms with Crippen LogP contribution in [-0.2, 0) is 9.59 Å². The van der Waals surface area contributed by atoms with Crippen molar-refractivity contribution in [2.45, 2.75) is 72.1 Å². The number of hydrogen-bond acceptors (Lipinski definition) is 2.